The summed E-state index contributed by atoms with van der Waals surface area (Å²) in [4.78, 5) is 14.5. The van der Waals surface area contributed by atoms with E-state index in [1.807, 2.05) is 0 Å². The van der Waals surface area contributed by atoms with E-state index >= 15 is 0 Å². The lowest BCUT2D eigenvalue weighted by Crippen LogP contribution is -2.30. The molecular weight excluding hydrogens is 354 g/mol. The Hall–Kier alpha value is -1.47. The smallest absolute Gasteiger partial charge is 0.255 e. The molecule has 22 heavy (non-hydrogen) atoms. The fourth-order valence-corrected chi connectivity index (χ4v) is 3.18. The second-order valence-corrected chi connectivity index (χ2v) is 5.70. The number of likely N-dealkylation sites (tertiary alicyclic amines) is 1. The van der Waals surface area contributed by atoms with Crippen LogP contribution in [0.25, 0.3) is 0 Å². The molecule has 6 nitrogen and oxygen atoms in total. The monoisotopic (exact) mass is 373 g/mol. The summed E-state index contributed by atoms with van der Waals surface area (Å²) in [5, 5.41) is 0. The number of rotatable bonds is 5. The van der Waals surface area contributed by atoms with Crippen molar-refractivity contribution < 1.29 is 23.7 Å². The van der Waals surface area contributed by atoms with Crippen molar-refractivity contribution in [3.05, 3.63) is 16.1 Å². The van der Waals surface area contributed by atoms with Gasteiger partial charge in [-0.25, -0.2) is 0 Å². The van der Waals surface area contributed by atoms with Crippen molar-refractivity contribution in [1.29, 1.82) is 0 Å². The number of benzene rings is 1. The van der Waals surface area contributed by atoms with E-state index in [0.29, 0.717) is 40.4 Å². The molecule has 1 heterocycles. The van der Waals surface area contributed by atoms with Gasteiger partial charge in [0.25, 0.3) is 5.91 Å². The minimum Gasteiger partial charge on any atom is -0.493 e. The minimum absolute atomic E-state index is 0.0877. The summed E-state index contributed by atoms with van der Waals surface area (Å²) >= 11 is 3.44. The zero-order valence-electron chi connectivity index (χ0n) is 13.1. The molecule has 1 saturated heterocycles. The van der Waals surface area contributed by atoms with Crippen molar-refractivity contribution in [2.45, 2.75) is 12.5 Å². The van der Waals surface area contributed by atoms with Crippen molar-refractivity contribution >= 4 is 21.8 Å². The van der Waals surface area contributed by atoms with Crippen molar-refractivity contribution in [3.63, 3.8) is 0 Å². The number of hydrogen-bond acceptors (Lipinski definition) is 5. The molecule has 1 aromatic rings. The van der Waals surface area contributed by atoms with Crippen molar-refractivity contribution in [2.75, 3.05) is 41.5 Å². The lowest BCUT2D eigenvalue weighted by atomic mass is 10.1. The first-order valence-electron chi connectivity index (χ1n) is 6.87. The maximum atomic E-state index is 12.8. The number of carbonyl (C=O) groups is 1. The first-order chi connectivity index (χ1) is 10.6. The van der Waals surface area contributed by atoms with E-state index in [1.54, 1.807) is 18.1 Å². The van der Waals surface area contributed by atoms with Crippen molar-refractivity contribution in [1.82, 2.24) is 4.90 Å². The highest BCUT2D eigenvalue weighted by molar-refractivity contribution is 9.10. The molecule has 1 amide bonds. The van der Waals surface area contributed by atoms with E-state index in [4.69, 9.17) is 18.9 Å². The number of hydrogen-bond donors (Lipinski definition) is 0. The zero-order valence-corrected chi connectivity index (χ0v) is 14.7. The first-order valence-corrected chi connectivity index (χ1v) is 7.67. The summed E-state index contributed by atoms with van der Waals surface area (Å²) in [5.41, 5.74) is 0.478. The van der Waals surface area contributed by atoms with E-state index in [1.165, 1.54) is 21.3 Å². The molecule has 0 aromatic heterocycles. The molecule has 2 rings (SSSR count). The van der Waals surface area contributed by atoms with Gasteiger partial charge in [0.05, 0.1) is 37.5 Å². The van der Waals surface area contributed by atoms with Crippen LogP contribution >= 0.6 is 15.9 Å². The van der Waals surface area contributed by atoms with E-state index in [9.17, 15) is 4.79 Å². The molecule has 7 heteroatoms. The lowest BCUT2D eigenvalue weighted by molar-refractivity contribution is 0.0722. The standard InChI is InChI=1S/C15H20BrNO5/c1-19-9-5-6-17(8-9)15(18)10-7-11(20-2)13(21-3)14(22-4)12(10)16/h7,9H,5-6,8H2,1-4H3. The highest BCUT2D eigenvalue weighted by Gasteiger charge is 2.30. The van der Waals surface area contributed by atoms with E-state index in [0.717, 1.165) is 6.42 Å². The van der Waals surface area contributed by atoms with Crippen LogP contribution in [-0.4, -0.2) is 58.4 Å². The highest BCUT2D eigenvalue weighted by Crippen LogP contribution is 2.45. The Morgan fingerprint density at radius 2 is 1.86 bits per heavy atom. The maximum absolute atomic E-state index is 12.8. The molecule has 1 unspecified atom stereocenters. The Labute approximate surface area is 138 Å². The fraction of sp³-hybridized carbons (Fsp3) is 0.533. The molecule has 122 valence electrons. The molecule has 0 spiro atoms. The second-order valence-electron chi connectivity index (χ2n) is 4.90. The Kier molecular flexibility index (Phi) is 5.52. The number of halogens is 1. The van der Waals surface area contributed by atoms with Crippen molar-refractivity contribution in [3.8, 4) is 17.2 Å². The van der Waals surface area contributed by atoms with Crippen LogP contribution < -0.4 is 14.2 Å². The summed E-state index contributed by atoms with van der Waals surface area (Å²) in [6, 6.07) is 1.66. The van der Waals surface area contributed by atoms with E-state index in [-0.39, 0.29) is 12.0 Å². The predicted octanol–water partition coefficient (Wildman–Crippen LogP) is 2.34. The molecule has 0 saturated carbocycles. The fourth-order valence-electron chi connectivity index (χ4n) is 2.55. The van der Waals surface area contributed by atoms with Gasteiger partial charge in [0, 0.05) is 20.2 Å². The highest BCUT2D eigenvalue weighted by atomic mass is 79.9. The Morgan fingerprint density at radius 3 is 2.36 bits per heavy atom. The molecule has 1 fully saturated rings. The van der Waals surface area contributed by atoms with E-state index in [2.05, 4.69) is 15.9 Å². The van der Waals surface area contributed by atoms with Crippen LogP contribution in [0.5, 0.6) is 17.2 Å². The number of methoxy groups -OCH3 is 4. The van der Waals surface area contributed by atoms with Crippen LogP contribution in [0.1, 0.15) is 16.8 Å². The second kappa shape index (κ2) is 7.19. The van der Waals surface area contributed by atoms with Gasteiger partial charge in [-0.15, -0.1) is 0 Å². The molecule has 1 atom stereocenters. The van der Waals surface area contributed by atoms with E-state index < -0.39 is 0 Å². The third-order valence-electron chi connectivity index (χ3n) is 3.77. The minimum atomic E-state index is -0.0920. The van der Waals surface area contributed by atoms with Gasteiger partial charge < -0.3 is 23.8 Å². The summed E-state index contributed by atoms with van der Waals surface area (Å²) in [5.74, 6) is 1.25. The average molecular weight is 374 g/mol. The topological polar surface area (TPSA) is 57.2 Å². The molecule has 0 aliphatic carbocycles. The van der Waals surface area contributed by atoms with Gasteiger partial charge in [0.1, 0.15) is 0 Å². The number of nitrogens with zero attached hydrogens (tertiary/aromatic N) is 1. The Morgan fingerprint density at radius 1 is 1.18 bits per heavy atom. The largest absolute Gasteiger partial charge is 0.493 e. The quantitative estimate of drug-likeness (QED) is 0.792. The Balaban J connectivity index is 2.40. The third kappa shape index (κ3) is 3.01. The van der Waals surface area contributed by atoms with Gasteiger partial charge in [-0.05, 0) is 28.4 Å². The van der Waals surface area contributed by atoms with Crippen LogP contribution in [-0.2, 0) is 4.74 Å². The molecule has 1 aromatic carbocycles. The normalized spacial score (nSPS) is 17.5. The number of carbonyl (C=O) groups excluding carboxylic acids is 1. The summed E-state index contributed by atoms with van der Waals surface area (Å²) < 4.78 is 21.8. The summed E-state index contributed by atoms with van der Waals surface area (Å²) in [7, 11) is 6.23. The zero-order chi connectivity index (χ0) is 16.3. The van der Waals surface area contributed by atoms with Crippen molar-refractivity contribution in [2.24, 2.45) is 0 Å². The number of ether oxygens (including phenoxy) is 4. The van der Waals surface area contributed by atoms with Crippen LogP contribution in [0.15, 0.2) is 10.5 Å². The van der Waals surface area contributed by atoms with Gasteiger partial charge in [-0.3, -0.25) is 4.79 Å². The maximum Gasteiger partial charge on any atom is 0.255 e. The molecule has 0 bridgehead atoms. The third-order valence-corrected chi connectivity index (χ3v) is 4.55. The van der Waals surface area contributed by atoms with Gasteiger partial charge in [0.15, 0.2) is 11.5 Å². The molecule has 1 aliphatic heterocycles. The summed E-state index contributed by atoms with van der Waals surface area (Å²) in [6.45, 7) is 1.25. The SMILES string of the molecule is COc1cc(C(=O)N2CCC(OC)C2)c(Br)c(OC)c1OC. The number of amides is 1. The van der Waals surface area contributed by atoms with Crippen LogP contribution in [0.2, 0.25) is 0 Å². The first kappa shape index (κ1) is 16.9. The van der Waals surface area contributed by atoms with Gasteiger partial charge >= 0.3 is 0 Å². The summed E-state index contributed by atoms with van der Waals surface area (Å²) in [6.07, 6.45) is 0.925. The van der Waals surface area contributed by atoms with Crippen LogP contribution in [0, 0.1) is 0 Å². The van der Waals surface area contributed by atoms with Crippen LogP contribution in [0.4, 0.5) is 0 Å². The van der Waals surface area contributed by atoms with Gasteiger partial charge in [-0.1, -0.05) is 0 Å². The van der Waals surface area contributed by atoms with Gasteiger partial charge in [0.2, 0.25) is 5.75 Å². The predicted molar refractivity (Wildman–Crippen MR) is 85.1 cm³/mol. The molecule has 0 radical (unpaired) electrons. The molecular formula is C15H20BrNO5. The van der Waals surface area contributed by atoms with Gasteiger partial charge in [-0.2, -0.15) is 0 Å². The lowest BCUT2D eigenvalue weighted by Gasteiger charge is -2.20. The average Bonchev–Trinajstić information content (AvgIpc) is 3.02. The Bertz CT molecular complexity index is 563. The molecule has 0 N–H and O–H groups in total. The molecule has 1 aliphatic rings. The van der Waals surface area contributed by atoms with Crippen LogP contribution in [0.3, 0.4) is 0 Å².